The first-order chi connectivity index (χ1) is 12.7. The van der Waals surface area contributed by atoms with Gasteiger partial charge in [-0.1, -0.05) is 69.9 Å². The van der Waals surface area contributed by atoms with Crippen molar-refractivity contribution in [2.24, 2.45) is 5.92 Å². The van der Waals surface area contributed by atoms with E-state index in [4.69, 9.17) is 4.74 Å². The Kier molecular flexibility index (Phi) is 6.95. The number of cyclic esters (lactones) is 1. The van der Waals surface area contributed by atoms with E-state index >= 15 is 0 Å². The molecule has 1 aromatic carbocycles. The van der Waals surface area contributed by atoms with Gasteiger partial charge >= 0.3 is 6.09 Å². The molecule has 1 aromatic rings. The number of hydrogen-bond acceptors (Lipinski definition) is 3. The fraction of sp³-hybridized carbons (Fsp3) is 0.682. The molecule has 0 aromatic heterocycles. The number of hydrogen-bond donors (Lipinski definition) is 0. The van der Waals surface area contributed by atoms with Crippen molar-refractivity contribution in [1.82, 2.24) is 10.0 Å². The minimum atomic E-state index is -0.149. The van der Waals surface area contributed by atoms with Crippen LogP contribution in [0, 0.1) is 5.92 Å². The van der Waals surface area contributed by atoms with E-state index in [0.29, 0.717) is 18.6 Å². The Bertz CT molecular complexity index is 563. The van der Waals surface area contributed by atoms with Crippen molar-refractivity contribution in [1.29, 1.82) is 0 Å². The minimum absolute atomic E-state index is 0.124. The summed E-state index contributed by atoms with van der Waals surface area (Å²) in [4.78, 5) is 12.6. The van der Waals surface area contributed by atoms with Gasteiger partial charge in [0.05, 0.1) is 6.04 Å². The van der Waals surface area contributed by atoms with Gasteiger partial charge in [-0.15, -0.1) is 0 Å². The lowest BCUT2D eigenvalue weighted by atomic mass is 9.98. The van der Waals surface area contributed by atoms with Crippen LogP contribution in [0.2, 0.25) is 0 Å². The van der Waals surface area contributed by atoms with Crippen molar-refractivity contribution in [3.8, 4) is 0 Å². The maximum atomic E-state index is 12.6. The van der Waals surface area contributed by atoms with Crippen LogP contribution in [-0.4, -0.2) is 41.3 Å². The summed E-state index contributed by atoms with van der Waals surface area (Å²) in [5.74, 6) is 0.706. The molecule has 2 aliphatic rings. The predicted molar refractivity (Wildman–Crippen MR) is 105 cm³/mol. The van der Waals surface area contributed by atoms with Crippen LogP contribution < -0.4 is 0 Å². The number of carbonyl (C=O) groups excluding carboxylic acids is 1. The van der Waals surface area contributed by atoms with Crippen LogP contribution in [-0.2, 0) is 11.2 Å². The zero-order valence-electron chi connectivity index (χ0n) is 16.4. The standard InChI is InChI=1S/C22H34N2O2/c1-3-5-7-13-20-15-19(10-4-2)16-23(20)24-21(17-26-22(24)25)14-18-11-8-6-9-12-18/h6,8-9,11-12,19-21H,3-5,7,10,13-17H2,1-2H3. The average molecular weight is 359 g/mol. The third-order valence-electron chi connectivity index (χ3n) is 5.83. The van der Waals surface area contributed by atoms with Crippen LogP contribution in [0.4, 0.5) is 4.79 Å². The molecule has 2 aliphatic heterocycles. The molecule has 26 heavy (non-hydrogen) atoms. The lowest BCUT2D eigenvalue weighted by Crippen LogP contribution is -2.51. The molecule has 0 bridgehead atoms. The molecule has 0 saturated carbocycles. The van der Waals surface area contributed by atoms with Gasteiger partial charge in [0.15, 0.2) is 0 Å². The molecular formula is C22H34N2O2. The predicted octanol–water partition coefficient (Wildman–Crippen LogP) is 5.04. The van der Waals surface area contributed by atoms with Crippen molar-refractivity contribution < 1.29 is 9.53 Å². The van der Waals surface area contributed by atoms with E-state index in [2.05, 4.69) is 43.1 Å². The topological polar surface area (TPSA) is 32.8 Å². The van der Waals surface area contributed by atoms with Gasteiger partial charge in [-0.05, 0) is 37.2 Å². The highest BCUT2D eigenvalue weighted by atomic mass is 16.6. The highest BCUT2D eigenvalue weighted by Gasteiger charge is 2.44. The summed E-state index contributed by atoms with van der Waals surface area (Å²) in [7, 11) is 0. The molecule has 0 N–H and O–H groups in total. The Morgan fingerprint density at radius 3 is 2.58 bits per heavy atom. The van der Waals surface area contributed by atoms with Crippen molar-refractivity contribution in [3.05, 3.63) is 35.9 Å². The van der Waals surface area contributed by atoms with Gasteiger partial charge in [0, 0.05) is 12.6 Å². The monoisotopic (exact) mass is 358 g/mol. The van der Waals surface area contributed by atoms with Crippen LogP contribution in [0.1, 0.15) is 64.4 Å². The molecule has 3 atom stereocenters. The second-order valence-corrected chi connectivity index (χ2v) is 7.93. The number of unbranched alkanes of at least 4 members (excludes halogenated alkanes) is 2. The first-order valence-electron chi connectivity index (χ1n) is 10.5. The molecular weight excluding hydrogens is 324 g/mol. The second-order valence-electron chi connectivity index (χ2n) is 7.93. The third kappa shape index (κ3) is 4.59. The van der Waals surface area contributed by atoms with E-state index < -0.39 is 0 Å². The quantitative estimate of drug-likeness (QED) is 0.580. The van der Waals surface area contributed by atoms with E-state index in [0.717, 1.165) is 13.0 Å². The van der Waals surface area contributed by atoms with Gasteiger partial charge in [0.1, 0.15) is 6.61 Å². The third-order valence-corrected chi connectivity index (χ3v) is 5.83. The summed E-state index contributed by atoms with van der Waals surface area (Å²) >= 11 is 0. The Morgan fingerprint density at radius 2 is 1.85 bits per heavy atom. The fourth-order valence-electron chi connectivity index (χ4n) is 4.57. The SMILES string of the molecule is CCCCCC1CC(CCC)CN1N1C(=O)OCC1Cc1ccccc1. The van der Waals surface area contributed by atoms with E-state index in [9.17, 15) is 4.79 Å². The van der Waals surface area contributed by atoms with Gasteiger partial charge < -0.3 is 4.74 Å². The molecule has 2 saturated heterocycles. The Hall–Kier alpha value is -1.55. The highest BCUT2D eigenvalue weighted by Crippen LogP contribution is 2.34. The van der Waals surface area contributed by atoms with Crippen LogP contribution in [0.15, 0.2) is 30.3 Å². The molecule has 2 fully saturated rings. The number of carbonyl (C=O) groups is 1. The maximum absolute atomic E-state index is 12.6. The zero-order valence-corrected chi connectivity index (χ0v) is 16.4. The number of hydrazine groups is 1. The molecule has 3 unspecified atom stereocenters. The summed E-state index contributed by atoms with van der Waals surface area (Å²) < 4.78 is 5.48. The highest BCUT2D eigenvalue weighted by molar-refractivity contribution is 5.69. The first kappa shape index (κ1) is 19.2. The number of benzene rings is 1. The molecule has 0 radical (unpaired) electrons. The fourth-order valence-corrected chi connectivity index (χ4v) is 4.57. The van der Waals surface area contributed by atoms with Crippen molar-refractivity contribution >= 4 is 6.09 Å². The minimum Gasteiger partial charge on any atom is -0.446 e. The van der Waals surface area contributed by atoms with Gasteiger partial charge in [-0.2, -0.15) is 0 Å². The summed E-state index contributed by atoms with van der Waals surface area (Å²) in [6.07, 6.45) is 9.38. The van der Waals surface area contributed by atoms with Crippen molar-refractivity contribution in [2.45, 2.75) is 77.3 Å². The maximum Gasteiger partial charge on any atom is 0.424 e. The number of rotatable bonds is 9. The molecule has 0 spiro atoms. The molecule has 144 valence electrons. The van der Waals surface area contributed by atoms with Gasteiger partial charge in [-0.3, -0.25) is 0 Å². The van der Waals surface area contributed by atoms with Crippen molar-refractivity contribution in [2.75, 3.05) is 13.2 Å². The molecule has 2 heterocycles. The largest absolute Gasteiger partial charge is 0.446 e. The van der Waals surface area contributed by atoms with Crippen LogP contribution in [0.3, 0.4) is 0 Å². The normalized spacial score (nSPS) is 26.5. The lowest BCUT2D eigenvalue weighted by Gasteiger charge is -2.35. The molecule has 0 aliphatic carbocycles. The first-order valence-corrected chi connectivity index (χ1v) is 10.5. The summed E-state index contributed by atoms with van der Waals surface area (Å²) in [6.45, 7) is 6.02. The summed E-state index contributed by atoms with van der Waals surface area (Å²) in [5.41, 5.74) is 1.27. The smallest absolute Gasteiger partial charge is 0.424 e. The summed E-state index contributed by atoms with van der Waals surface area (Å²) in [6, 6.07) is 11.1. The molecule has 1 amide bonds. The number of amides is 1. The van der Waals surface area contributed by atoms with Gasteiger partial charge in [0.25, 0.3) is 0 Å². The van der Waals surface area contributed by atoms with Crippen molar-refractivity contribution in [3.63, 3.8) is 0 Å². The zero-order chi connectivity index (χ0) is 18.4. The Labute approximate surface area is 158 Å². The van der Waals surface area contributed by atoms with Gasteiger partial charge in [-0.25, -0.2) is 14.8 Å². The van der Waals surface area contributed by atoms with E-state index in [1.807, 2.05) is 11.1 Å². The number of ether oxygens (including phenoxy) is 1. The lowest BCUT2D eigenvalue weighted by molar-refractivity contribution is -0.0179. The van der Waals surface area contributed by atoms with Gasteiger partial charge in [0.2, 0.25) is 0 Å². The Balaban J connectivity index is 1.71. The van der Waals surface area contributed by atoms with Crippen LogP contribution in [0.25, 0.3) is 0 Å². The average Bonchev–Trinajstić information content (AvgIpc) is 3.19. The Morgan fingerprint density at radius 1 is 1.04 bits per heavy atom. The second kappa shape index (κ2) is 9.40. The number of nitrogens with zero attached hydrogens (tertiary/aromatic N) is 2. The van der Waals surface area contributed by atoms with E-state index in [1.54, 1.807) is 0 Å². The molecule has 4 heteroatoms. The molecule has 4 nitrogen and oxygen atoms in total. The van der Waals surface area contributed by atoms with E-state index in [1.165, 1.54) is 50.5 Å². The summed E-state index contributed by atoms with van der Waals surface area (Å²) in [5, 5.41) is 4.35. The molecule has 3 rings (SSSR count). The van der Waals surface area contributed by atoms with Crippen LogP contribution >= 0.6 is 0 Å². The van der Waals surface area contributed by atoms with E-state index in [-0.39, 0.29) is 12.1 Å². The van der Waals surface area contributed by atoms with Crippen LogP contribution in [0.5, 0.6) is 0 Å².